The van der Waals surface area contributed by atoms with Gasteiger partial charge in [0.15, 0.2) is 20.0 Å². The molecule has 0 bridgehead atoms. The molecule has 0 heterocycles. The summed E-state index contributed by atoms with van der Waals surface area (Å²) in [5.74, 6) is 4.42. The van der Waals surface area contributed by atoms with Crippen LogP contribution in [0.3, 0.4) is 0 Å². The molecule has 0 aromatic carbocycles. The first-order valence-corrected chi connectivity index (χ1v) is 8.92. The summed E-state index contributed by atoms with van der Waals surface area (Å²) in [6.07, 6.45) is 0. The van der Waals surface area contributed by atoms with Crippen LogP contribution in [-0.4, -0.2) is 43.1 Å². The fraction of sp³-hybridized carbons (Fsp3) is 1.00. The van der Waals surface area contributed by atoms with Gasteiger partial charge in [-0.2, -0.15) is 26.3 Å². The van der Waals surface area contributed by atoms with Crippen LogP contribution in [0.25, 0.3) is 4.13 Å². The van der Waals surface area contributed by atoms with Gasteiger partial charge >= 0.3 is 37.8 Å². The predicted molar refractivity (Wildman–Crippen MR) is 50.8 cm³/mol. The molecule has 0 fully saturated rings. The average Bonchev–Trinajstić information content (AvgIpc) is 1.98. The second-order valence-electron chi connectivity index (χ2n) is 2.49. The van der Waals surface area contributed by atoms with Crippen molar-refractivity contribution < 1.29 is 43.2 Å². The molecule has 0 unspecified atom stereocenters. The molecule has 5 nitrogen and oxygen atoms in total. The zero-order valence-electron chi connectivity index (χ0n) is 8.74. The van der Waals surface area contributed by atoms with Gasteiger partial charge in [-0.25, -0.2) is 16.8 Å². The third kappa shape index (κ3) is 6.23. The van der Waals surface area contributed by atoms with Gasteiger partial charge < -0.3 is 4.13 Å². The van der Waals surface area contributed by atoms with Crippen LogP contribution >= 0.6 is 0 Å². The van der Waals surface area contributed by atoms with Crippen molar-refractivity contribution in [2.45, 2.75) is 22.6 Å². The number of nitrogens with zero attached hydrogens (tertiary/aromatic N) is 1. The maximum atomic E-state index is 11.4. The van der Waals surface area contributed by atoms with Gasteiger partial charge in [-0.05, 0) is 0 Å². The molecule has 0 radical (unpaired) electrons. The van der Waals surface area contributed by atoms with E-state index in [-0.39, 0.29) is 0 Å². The molecule has 0 spiro atoms. The summed E-state index contributed by atoms with van der Waals surface area (Å²) in [5.41, 5.74) is -12.4. The van der Waals surface area contributed by atoms with E-state index in [2.05, 4.69) is 11.6 Å². The summed E-state index contributed by atoms with van der Waals surface area (Å²) in [6.45, 7) is 0. The summed E-state index contributed by atoms with van der Waals surface area (Å²) >= 11 is 0.750. The molecule has 0 aliphatic heterocycles. The van der Waals surface area contributed by atoms with E-state index in [9.17, 15) is 43.2 Å². The Morgan fingerprint density at radius 2 is 0.944 bits per heavy atom. The van der Waals surface area contributed by atoms with E-state index in [0.717, 1.165) is 19.3 Å². The first-order valence-electron chi connectivity index (χ1n) is 3.73. The molecule has 108 valence electrons. The van der Waals surface area contributed by atoms with Gasteiger partial charge in [0.1, 0.15) is 0 Å². The van der Waals surface area contributed by atoms with Crippen LogP contribution in [-0.2, 0) is 20.0 Å². The third-order valence-corrected chi connectivity index (χ3v) is 3.52. The summed E-state index contributed by atoms with van der Waals surface area (Å²) in [7, 11) is -13.4. The number of halogens is 6. The zero-order valence-corrected chi connectivity index (χ0v) is 11.5. The molecule has 0 aliphatic carbocycles. The minimum atomic E-state index is -6.72. The van der Waals surface area contributed by atoms with Crippen molar-refractivity contribution in [3.63, 3.8) is 0 Å². The Balaban J connectivity index is 0. The minimum absolute atomic E-state index is 0.750. The molecule has 14 heteroatoms. The topological polar surface area (TPSA) is 82.4 Å². The fourth-order valence-electron chi connectivity index (χ4n) is 0.214. The zero-order chi connectivity index (χ0) is 15.4. The van der Waals surface area contributed by atoms with Gasteiger partial charge in [0, 0.05) is 0 Å². The molecule has 0 saturated heterocycles. The van der Waals surface area contributed by atoms with E-state index in [1.807, 2.05) is 0 Å². The molecule has 0 aromatic heterocycles. The summed E-state index contributed by atoms with van der Waals surface area (Å²) < 4.78 is 109. The normalized spacial score (nSPS) is 13.3. The van der Waals surface area contributed by atoms with E-state index in [4.69, 9.17) is 0 Å². The van der Waals surface area contributed by atoms with Crippen molar-refractivity contribution in [3.8, 4) is 0 Å². The van der Waals surface area contributed by atoms with Crippen LogP contribution in [0.5, 0.6) is 0 Å². The molecule has 0 amide bonds. The predicted octanol–water partition coefficient (Wildman–Crippen LogP) is 1.85. The number of rotatable bonds is 2. The van der Waals surface area contributed by atoms with E-state index in [1.165, 1.54) is 0 Å². The van der Waals surface area contributed by atoms with Crippen molar-refractivity contribution in [3.05, 3.63) is 4.13 Å². The van der Waals surface area contributed by atoms with Gasteiger partial charge in [-0.3, -0.25) is 0 Å². The van der Waals surface area contributed by atoms with Crippen molar-refractivity contribution in [1.29, 1.82) is 0 Å². The molecule has 0 saturated carbocycles. The van der Waals surface area contributed by atoms with Crippen LogP contribution in [0.15, 0.2) is 0 Å². The molecule has 0 aliphatic rings. The van der Waals surface area contributed by atoms with Crippen molar-refractivity contribution >= 4 is 35.3 Å². The van der Waals surface area contributed by atoms with Gasteiger partial charge in [-0.1, -0.05) is 0 Å². The van der Waals surface area contributed by atoms with E-state index in [1.54, 1.807) is 0 Å². The number of alkyl halides is 6. The second kappa shape index (κ2) is 6.42. The van der Waals surface area contributed by atoms with Gasteiger partial charge in [0.25, 0.3) is 0 Å². The Morgan fingerprint density at radius 3 is 1.06 bits per heavy atom. The first-order chi connectivity index (χ1) is 7.62. The van der Waals surface area contributed by atoms with E-state index in [0.29, 0.717) is 0 Å². The van der Waals surface area contributed by atoms with Crippen LogP contribution < -0.4 is 0 Å². The monoisotopic (exact) mass is 337 g/mol. The van der Waals surface area contributed by atoms with Crippen molar-refractivity contribution in [2.24, 2.45) is 0 Å². The molecule has 0 rings (SSSR count). The SMILES string of the molecule is O=S(=O)([N-]S(=O)(=O)C(F)(F)F)C(F)(F)F.[CH3][Al+][CH3]. The van der Waals surface area contributed by atoms with Crippen LogP contribution in [0, 0.1) is 0 Å². The molecular formula is C4H6AlF6NO4S2. The molecule has 18 heavy (non-hydrogen) atoms. The summed E-state index contributed by atoms with van der Waals surface area (Å²) in [4.78, 5) is 0. The third-order valence-electron chi connectivity index (χ3n) is 0.781. The van der Waals surface area contributed by atoms with Gasteiger partial charge in [0.2, 0.25) is 0 Å². The summed E-state index contributed by atoms with van der Waals surface area (Å²) in [5, 5.41) is 0. The van der Waals surface area contributed by atoms with Crippen LogP contribution in [0.2, 0.25) is 11.6 Å². The Bertz CT molecular complexity index is 409. The molecule has 0 N–H and O–H groups in total. The maximum absolute atomic E-state index is 11.4. The number of hydrogen-bond donors (Lipinski definition) is 0. The Labute approximate surface area is 105 Å². The average molecular weight is 337 g/mol. The number of hydrogen-bond acceptors (Lipinski definition) is 4. The van der Waals surface area contributed by atoms with E-state index >= 15 is 0 Å². The standard InChI is InChI=1S/C2F6NO4S2.2CH3.Al/c3-1(4,5)14(10,11)9-15(12,13)2(6,7)8;;;/h;2*1H3;/q-1;;;+1. The van der Waals surface area contributed by atoms with Crippen molar-refractivity contribution in [2.75, 3.05) is 0 Å². The molecular weight excluding hydrogens is 331 g/mol. The van der Waals surface area contributed by atoms with Crippen molar-refractivity contribution in [1.82, 2.24) is 0 Å². The first kappa shape index (κ1) is 20.3. The summed E-state index contributed by atoms with van der Waals surface area (Å²) in [6, 6.07) is 0. The Hall–Kier alpha value is -0.0275. The quantitative estimate of drug-likeness (QED) is 0.569. The van der Waals surface area contributed by atoms with Gasteiger partial charge in [0.05, 0.1) is 0 Å². The number of sulfonamides is 2. The fourth-order valence-corrected chi connectivity index (χ4v) is 1.92. The Morgan fingerprint density at radius 1 is 0.778 bits per heavy atom. The van der Waals surface area contributed by atoms with Crippen LogP contribution in [0.4, 0.5) is 26.3 Å². The molecule has 0 atom stereocenters. The van der Waals surface area contributed by atoms with Gasteiger partial charge in [-0.15, -0.1) is 0 Å². The molecule has 0 aromatic rings. The van der Waals surface area contributed by atoms with Crippen LogP contribution in [0.1, 0.15) is 0 Å². The van der Waals surface area contributed by atoms with E-state index < -0.39 is 31.1 Å². The Kier molecular flexibility index (Phi) is 7.24. The second-order valence-corrected chi connectivity index (χ2v) is 7.07.